The minimum Gasteiger partial charge on any atom is -0.130 e. The van der Waals surface area contributed by atoms with E-state index < -0.39 is 0 Å². The van der Waals surface area contributed by atoms with E-state index in [2.05, 4.69) is 17.2 Å². The fourth-order valence-electron chi connectivity index (χ4n) is 0.278. The Morgan fingerprint density at radius 3 is 2.80 bits per heavy atom. The highest BCUT2D eigenvalue weighted by atomic mass is 32.2. The maximum absolute atomic E-state index is 2.17. The molecule has 0 saturated carbocycles. The van der Waals surface area contributed by atoms with Crippen molar-refractivity contribution in [3.8, 4) is 0 Å². The zero-order valence-electron chi connectivity index (χ0n) is 2.85. The molecule has 0 aromatic carbocycles. The number of thioether (sulfide) groups is 1. The molecular formula is C4H5S. The second-order valence-electron chi connectivity index (χ2n) is 0.910. The van der Waals surface area contributed by atoms with Crippen molar-refractivity contribution in [2.24, 2.45) is 0 Å². The molecule has 0 aliphatic carbocycles. The molecule has 0 atom stereocenters. The van der Waals surface area contributed by atoms with Crippen LogP contribution in [0.25, 0.3) is 0 Å². The van der Waals surface area contributed by atoms with Crippen molar-refractivity contribution in [2.45, 2.75) is 6.42 Å². The number of allylic oxidation sites excluding steroid dienone is 1. The maximum Gasteiger partial charge on any atom is 0.0248 e. The Kier molecular flexibility index (Phi) is 0.991. The summed E-state index contributed by atoms with van der Waals surface area (Å²) in [6.45, 7) is 0. The van der Waals surface area contributed by atoms with E-state index in [0.717, 1.165) is 6.42 Å². The molecule has 1 aliphatic rings. The second kappa shape index (κ2) is 1.51. The summed E-state index contributed by atoms with van der Waals surface area (Å²) in [5.41, 5.74) is 0. The minimum absolute atomic E-state index is 1.16. The monoisotopic (exact) mass is 85.0 g/mol. The van der Waals surface area contributed by atoms with Crippen molar-refractivity contribution in [3.63, 3.8) is 0 Å². The van der Waals surface area contributed by atoms with Gasteiger partial charge in [-0.1, -0.05) is 6.08 Å². The zero-order valence-corrected chi connectivity index (χ0v) is 3.66. The van der Waals surface area contributed by atoms with Crippen molar-refractivity contribution in [1.29, 1.82) is 0 Å². The first-order valence-electron chi connectivity index (χ1n) is 1.62. The first kappa shape index (κ1) is 3.29. The number of hydrogen-bond donors (Lipinski definition) is 0. The summed E-state index contributed by atoms with van der Waals surface area (Å²) >= 11 is 1.77. The van der Waals surface area contributed by atoms with Crippen LogP contribution in [0.4, 0.5) is 0 Å². The van der Waals surface area contributed by atoms with Gasteiger partial charge in [0.15, 0.2) is 0 Å². The fourth-order valence-corrected chi connectivity index (χ4v) is 0.833. The summed E-state index contributed by atoms with van der Waals surface area (Å²) in [5.74, 6) is 2.17. The predicted molar refractivity (Wildman–Crippen MR) is 25.6 cm³/mol. The lowest BCUT2D eigenvalue weighted by atomic mass is 10.5. The van der Waals surface area contributed by atoms with Gasteiger partial charge in [0.05, 0.1) is 0 Å². The van der Waals surface area contributed by atoms with Crippen molar-refractivity contribution in [2.75, 3.05) is 0 Å². The van der Waals surface area contributed by atoms with Crippen LogP contribution in [-0.2, 0) is 0 Å². The molecule has 5 heavy (non-hydrogen) atoms. The molecule has 0 nitrogen and oxygen atoms in total. The molecule has 1 aliphatic heterocycles. The molecule has 1 heteroatoms. The van der Waals surface area contributed by atoms with Gasteiger partial charge in [0.1, 0.15) is 0 Å². The van der Waals surface area contributed by atoms with Gasteiger partial charge in [-0.2, -0.15) is 0 Å². The first-order chi connectivity index (χ1) is 2.50. The highest BCUT2D eigenvalue weighted by Crippen LogP contribution is 2.17. The van der Waals surface area contributed by atoms with E-state index in [0.29, 0.717) is 0 Å². The van der Waals surface area contributed by atoms with Crippen LogP contribution in [0.5, 0.6) is 0 Å². The molecule has 0 aromatic rings. The SMILES string of the molecule is [CH]1CC=CS1. The highest BCUT2D eigenvalue weighted by Gasteiger charge is 1.86. The van der Waals surface area contributed by atoms with Gasteiger partial charge in [0, 0.05) is 5.75 Å². The van der Waals surface area contributed by atoms with Gasteiger partial charge in [-0.3, -0.25) is 0 Å². The third kappa shape index (κ3) is 0.690. The standard InChI is InChI=1S/C4H5S/c1-2-4-5-3-1/h1,3-4H,2H2. The Balaban J connectivity index is 2.32. The summed E-state index contributed by atoms with van der Waals surface area (Å²) in [7, 11) is 0. The predicted octanol–water partition coefficient (Wildman–Crippen LogP) is 1.80. The lowest BCUT2D eigenvalue weighted by Crippen LogP contribution is -1.44. The lowest BCUT2D eigenvalue weighted by molar-refractivity contribution is 1.40. The van der Waals surface area contributed by atoms with Gasteiger partial charge in [-0.15, -0.1) is 11.8 Å². The van der Waals surface area contributed by atoms with Gasteiger partial charge in [-0.25, -0.2) is 0 Å². The quantitative estimate of drug-likeness (QED) is 0.432. The smallest absolute Gasteiger partial charge is 0.0248 e. The summed E-state index contributed by atoms with van der Waals surface area (Å²) in [4.78, 5) is 0. The van der Waals surface area contributed by atoms with Crippen LogP contribution in [0, 0.1) is 5.75 Å². The Hall–Kier alpha value is 0.0900. The van der Waals surface area contributed by atoms with Gasteiger partial charge in [-0.05, 0) is 11.8 Å². The maximum atomic E-state index is 2.17. The van der Waals surface area contributed by atoms with Crippen LogP contribution in [0.2, 0.25) is 0 Å². The molecule has 1 rings (SSSR count). The van der Waals surface area contributed by atoms with E-state index in [9.17, 15) is 0 Å². The molecule has 0 N–H and O–H groups in total. The van der Waals surface area contributed by atoms with E-state index in [1.54, 1.807) is 11.8 Å². The van der Waals surface area contributed by atoms with Crippen LogP contribution in [0.1, 0.15) is 6.42 Å². The van der Waals surface area contributed by atoms with Crippen LogP contribution in [-0.4, -0.2) is 0 Å². The van der Waals surface area contributed by atoms with Gasteiger partial charge >= 0.3 is 0 Å². The molecular weight excluding hydrogens is 80.1 g/mol. The van der Waals surface area contributed by atoms with Gasteiger partial charge in [0.25, 0.3) is 0 Å². The number of rotatable bonds is 0. The van der Waals surface area contributed by atoms with Crippen LogP contribution >= 0.6 is 11.8 Å². The summed E-state index contributed by atoms with van der Waals surface area (Å²) < 4.78 is 0. The second-order valence-corrected chi connectivity index (χ2v) is 1.79. The van der Waals surface area contributed by atoms with E-state index in [-0.39, 0.29) is 0 Å². The Morgan fingerprint density at radius 2 is 2.60 bits per heavy atom. The topological polar surface area (TPSA) is 0 Å². The fraction of sp³-hybridized carbons (Fsp3) is 0.250. The molecule has 0 spiro atoms. The number of hydrogen-bond acceptors (Lipinski definition) is 1. The first-order valence-corrected chi connectivity index (χ1v) is 2.56. The van der Waals surface area contributed by atoms with Crippen molar-refractivity contribution in [3.05, 3.63) is 17.2 Å². The van der Waals surface area contributed by atoms with E-state index in [1.807, 2.05) is 0 Å². The van der Waals surface area contributed by atoms with Crippen LogP contribution in [0.15, 0.2) is 11.5 Å². The van der Waals surface area contributed by atoms with Gasteiger partial charge in [0.2, 0.25) is 0 Å². The van der Waals surface area contributed by atoms with E-state index >= 15 is 0 Å². The molecule has 0 fully saturated rings. The molecule has 1 heterocycles. The Labute approximate surface area is 36.3 Å². The van der Waals surface area contributed by atoms with Crippen molar-refractivity contribution >= 4 is 11.8 Å². The third-order valence-corrected chi connectivity index (χ3v) is 1.24. The zero-order chi connectivity index (χ0) is 3.54. The molecule has 0 saturated heterocycles. The van der Waals surface area contributed by atoms with Gasteiger partial charge < -0.3 is 0 Å². The average molecular weight is 85.2 g/mol. The summed E-state index contributed by atoms with van der Waals surface area (Å²) in [6, 6.07) is 0. The Bertz CT molecular complexity index is 41.6. The average Bonchev–Trinajstić information content (AvgIpc) is 1.76. The lowest BCUT2D eigenvalue weighted by Gasteiger charge is -1.68. The Morgan fingerprint density at radius 1 is 1.60 bits per heavy atom. The molecule has 0 amide bonds. The molecule has 0 aromatic heterocycles. The third-order valence-electron chi connectivity index (χ3n) is 0.503. The van der Waals surface area contributed by atoms with E-state index in [1.165, 1.54) is 0 Å². The summed E-state index contributed by atoms with van der Waals surface area (Å²) in [5, 5.41) is 2.10. The minimum atomic E-state index is 1.16. The summed E-state index contributed by atoms with van der Waals surface area (Å²) in [6.07, 6.45) is 3.30. The van der Waals surface area contributed by atoms with Crippen LogP contribution < -0.4 is 0 Å². The highest BCUT2D eigenvalue weighted by molar-refractivity contribution is 8.04. The molecule has 0 bridgehead atoms. The largest absolute Gasteiger partial charge is 0.130 e. The van der Waals surface area contributed by atoms with E-state index in [4.69, 9.17) is 0 Å². The van der Waals surface area contributed by atoms with Crippen molar-refractivity contribution in [1.82, 2.24) is 0 Å². The molecule has 0 unspecified atom stereocenters. The molecule has 27 valence electrons. The van der Waals surface area contributed by atoms with Crippen LogP contribution in [0.3, 0.4) is 0 Å². The molecule has 1 radical (unpaired) electrons. The normalized spacial score (nSPS) is 20.8. The van der Waals surface area contributed by atoms with Crippen molar-refractivity contribution < 1.29 is 0 Å².